The summed E-state index contributed by atoms with van der Waals surface area (Å²) in [6, 6.07) is 22.3. The number of benzene rings is 3. The number of ether oxygens (including phenoxy) is 1. The summed E-state index contributed by atoms with van der Waals surface area (Å²) in [6.07, 6.45) is 1.53. The van der Waals surface area contributed by atoms with Crippen molar-refractivity contribution in [2.75, 3.05) is 12.4 Å². The fourth-order valence-electron chi connectivity index (χ4n) is 3.64. The SMILES string of the molecule is CNC(=O)c1cc(Oc2ccc3c(C(=O)Nc4ccc(C(C)(C)C)cc4)cccc3c2)ccn1. The van der Waals surface area contributed by atoms with Crippen molar-refractivity contribution in [1.82, 2.24) is 10.3 Å². The Labute approximate surface area is 199 Å². The summed E-state index contributed by atoms with van der Waals surface area (Å²) in [4.78, 5) is 28.9. The average Bonchev–Trinajstić information content (AvgIpc) is 2.83. The van der Waals surface area contributed by atoms with Gasteiger partial charge in [0.2, 0.25) is 0 Å². The molecule has 6 heteroatoms. The average molecular weight is 454 g/mol. The van der Waals surface area contributed by atoms with E-state index in [0.717, 1.165) is 16.5 Å². The molecule has 0 aliphatic heterocycles. The van der Waals surface area contributed by atoms with E-state index in [9.17, 15) is 9.59 Å². The Bertz CT molecular complexity index is 1360. The highest BCUT2D eigenvalue weighted by Gasteiger charge is 2.15. The Morgan fingerprint density at radius 3 is 2.29 bits per heavy atom. The molecule has 172 valence electrons. The molecule has 0 bridgehead atoms. The second kappa shape index (κ2) is 9.35. The number of pyridine rings is 1. The van der Waals surface area contributed by atoms with E-state index < -0.39 is 0 Å². The van der Waals surface area contributed by atoms with Crippen LogP contribution in [-0.2, 0) is 5.41 Å². The summed E-state index contributed by atoms with van der Waals surface area (Å²) in [5, 5.41) is 7.22. The van der Waals surface area contributed by atoms with Crippen molar-refractivity contribution in [1.29, 1.82) is 0 Å². The molecule has 0 saturated heterocycles. The molecule has 0 unspecified atom stereocenters. The number of nitrogens with zero attached hydrogens (tertiary/aromatic N) is 1. The highest BCUT2D eigenvalue weighted by molar-refractivity contribution is 6.13. The molecule has 0 saturated carbocycles. The molecule has 0 aliphatic carbocycles. The van der Waals surface area contributed by atoms with Gasteiger partial charge in [0.05, 0.1) is 0 Å². The Morgan fingerprint density at radius 1 is 0.853 bits per heavy atom. The molecular weight excluding hydrogens is 426 g/mol. The first-order chi connectivity index (χ1) is 16.2. The van der Waals surface area contributed by atoms with Crippen LogP contribution in [0.3, 0.4) is 0 Å². The molecule has 3 aromatic carbocycles. The number of hydrogen-bond acceptors (Lipinski definition) is 4. The number of rotatable bonds is 5. The molecule has 6 nitrogen and oxygen atoms in total. The number of carbonyl (C=O) groups excluding carboxylic acids is 2. The summed E-state index contributed by atoms with van der Waals surface area (Å²) < 4.78 is 5.94. The molecule has 34 heavy (non-hydrogen) atoms. The van der Waals surface area contributed by atoms with E-state index in [1.807, 2.05) is 48.5 Å². The number of aromatic nitrogens is 1. The minimum absolute atomic E-state index is 0.0538. The van der Waals surface area contributed by atoms with E-state index in [1.165, 1.54) is 11.8 Å². The molecule has 0 aliphatic rings. The Hall–Kier alpha value is -4.19. The predicted molar refractivity (Wildman–Crippen MR) is 135 cm³/mol. The van der Waals surface area contributed by atoms with E-state index in [4.69, 9.17) is 4.74 Å². The van der Waals surface area contributed by atoms with Crippen LogP contribution in [0, 0.1) is 0 Å². The van der Waals surface area contributed by atoms with Gasteiger partial charge in [-0.1, -0.05) is 45.0 Å². The maximum atomic E-state index is 13.0. The lowest BCUT2D eigenvalue weighted by atomic mass is 9.87. The fourth-order valence-corrected chi connectivity index (χ4v) is 3.64. The van der Waals surface area contributed by atoms with E-state index in [0.29, 0.717) is 17.1 Å². The third-order valence-electron chi connectivity index (χ3n) is 5.53. The summed E-state index contributed by atoms with van der Waals surface area (Å²) in [5.41, 5.74) is 2.86. The topological polar surface area (TPSA) is 80.3 Å². The van der Waals surface area contributed by atoms with Gasteiger partial charge in [0.1, 0.15) is 17.2 Å². The van der Waals surface area contributed by atoms with Gasteiger partial charge >= 0.3 is 0 Å². The second-order valence-corrected chi connectivity index (χ2v) is 9.03. The molecular formula is C28H27N3O3. The predicted octanol–water partition coefficient (Wildman–Crippen LogP) is 5.94. The zero-order valence-corrected chi connectivity index (χ0v) is 19.7. The number of amides is 2. The normalized spacial score (nSPS) is 11.2. The number of hydrogen-bond donors (Lipinski definition) is 2. The van der Waals surface area contributed by atoms with Gasteiger partial charge in [0.15, 0.2) is 0 Å². The lowest BCUT2D eigenvalue weighted by Crippen LogP contribution is -2.18. The van der Waals surface area contributed by atoms with E-state index >= 15 is 0 Å². The number of fused-ring (bicyclic) bond motifs is 1. The summed E-state index contributed by atoms with van der Waals surface area (Å²) in [5.74, 6) is 0.636. The molecule has 4 aromatic rings. The van der Waals surface area contributed by atoms with E-state index in [1.54, 1.807) is 31.3 Å². The van der Waals surface area contributed by atoms with E-state index in [-0.39, 0.29) is 22.9 Å². The van der Waals surface area contributed by atoms with Gasteiger partial charge in [-0.25, -0.2) is 0 Å². The van der Waals surface area contributed by atoms with Crippen LogP contribution in [0.15, 0.2) is 79.0 Å². The molecule has 2 N–H and O–H groups in total. The molecule has 0 spiro atoms. The summed E-state index contributed by atoms with van der Waals surface area (Å²) in [7, 11) is 1.55. The minimum atomic E-state index is -0.285. The lowest BCUT2D eigenvalue weighted by Gasteiger charge is -2.19. The third-order valence-corrected chi connectivity index (χ3v) is 5.53. The van der Waals surface area contributed by atoms with Crippen molar-refractivity contribution in [3.8, 4) is 11.5 Å². The Morgan fingerprint density at radius 2 is 1.59 bits per heavy atom. The van der Waals surface area contributed by atoms with E-state index in [2.05, 4.69) is 36.4 Å². The van der Waals surface area contributed by atoms with Crippen LogP contribution >= 0.6 is 0 Å². The van der Waals surface area contributed by atoms with Crippen LogP contribution in [0.5, 0.6) is 11.5 Å². The van der Waals surface area contributed by atoms with Crippen LogP contribution in [0.25, 0.3) is 10.8 Å². The highest BCUT2D eigenvalue weighted by atomic mass is 16.5. The maximum Gasteiger partial charge on any atom is 0.269 e. The Kier molecular flexibility index (Phi) is 6.32. The van der Waals surface area contributed by atoms with Crippen molar-refractivity contribution in [3.63, 3.8) is 0 Å². The molecule has 0 atom stereocenters. The van der Waals surface area contributed by atoms with Gasteiger partial charge < -0.3 is 15.4 Å². The largest absolute Gasteiger partial charge is 0.457 e. The van der Waals surface area contributed by atoms with Crippen molar-refractivity contribution >= 4 is 28.3 Å². The molecule has 1 heterocycles. The van der Waals surface area contributed by atoms with Crippen molar-refractivity contribution < 1.29 is 14.3 Å². The van der Waals surface area contributed by atoms with Gasteiger partial charge in [0.25, 0.3) is 11.8 Å². The monoisotopic (exact) mass is 453 g/mol. The third kappa shape index (κ3) is 5.07. The van der Waals surface area contributed by atoms with Crippen molar-refractivity contribution in [2.24, 2.45) is 0 Å². The zero-order valence-electron chi connectivity index (χ0n) is 19.7. The number of anilines is 1. The first kappa shape index (κ1) is 23.0. The smallest absolute Gasteiger partial charge is 0.269 e. The van der Waals surface area contributed by atoms with Gasteiger partial charge in [-0.05, 0) is 64.2 Å². The Balaban J connectivity index is 1.55. The van der Waals surface area contributed by atoms with Gasteiger partial charge in [-0.2, -0.15) is 0 Å². The van der Waals surface area contributed by atoms with Crippen LogP contribution in [0.1, 0.15) is 47.2 Å². The molecule has 1 aromatic heterocycles. The van der Waals surface area contributed by atoms with Crippen LogP contribution in [0.4, 0.5) is 5.69 Å². The van der Waals surface area contributed by atoms with Gasteiger partial charge in [-0.3, -0.25) is 14.6 Å². The first-order valence-corrected chi connectivity index (χ1v) is 11.1. The van der Waals surface area contributed by atoms with Crippen LogP contribution in [0.2, 0.25) is 0 Å². The molecule has 0 fully saturated rings. The minimum Gasteiger partial charge on any atom is -0.457 e. The number of carbonyl (C=O) groups is 2. The maximum absolute atomic E-state index is 13.0. The quantitative estimate of drug-likeness (QED) is 0.392. The van der Waals surface area contributed by atoms with Gasteiger partial charge in [-0.15, -0.1) is 0 Å². The molecule has 0 radical (unpaired) electrons. The molecule has 2 amide bonds. The summed E-state index contributed by atoms with van der Waals surface area (Å²) >= 11 is 0. The van der Waals surface area contributed by atoms with Crippen molar-refractivity contribution in [3.05, 3.63) is 95.8 Å². The molecule has 4 rings (SSSR count). The van der Waals surface area contributed by atoms with Crippen LogP contribution in [-0.4, -0.2) is 23.8 Å². The standard InChI is InChI=1S/C28H27N3O3/c1-28(2,3)19-8-10-20(11-9-19)31-26(32)24-7-5-6-18-16-21(12-13-23(18)24)34-22-14-15-30-25(17-22)27(33)29-4/h5-17H,1-4H3,(H,29,33)(H,31,32). The second-order valence-electron chi connectivity index (χ2n) is 9.03. The first-order valence-electron chi connectivity index (χ1n) is 11.1. The zero-order chi connectivity index (χ0) is 24.3. The highest BCUT2D eigenvalue weighted by Crippen LogP contribution is 2.29. The summed E-state index contributed by atoms with van der Waals surface area (Å²) in [6.45, 7) is 6.47. The van der Waals surface area contributed by atoms with Crippen molar-refractivity contribution in [2.45, 2.75) is 26.2 Å². The van der Waals surface area contributed by atoms with Crippen LogP contribution < -0.4 is 15.4 Å². The number of nitrogens with one attached hydrogen (secondary N) is 2. The van der Waals surface area contributed by atoms with Gasteiger partial charge in [0, 0.05) is 30.6 Å². The lowest BCUT2D eigenvalue weighted by molar-refractivity contribution is 0.0957. The fraction of sp³-hybridized carbons (Fsp3) is 0.179.